The average Bonchev–Trinajstić information content (AvgIpc) is 2.29. The highest BCUT2D eigenvalue weighted by molar-refractivity contribution is 5.68. The van der Waals surface area contributed by atoms with Gasteiger partial charge in [-0.05, 0) is 12.1 Å². The first kappa shape index (κ1) is 12.5. The van der Waals surface area contributed by atoms with Crippen LogP contribution in [0.4, 0.5) is 0 Å². The van der Waals surface area contributed by atoms with Gasteiger partial charge >= 0.3 is 5.97 Å². The van der Waals surface area contributed by atoms with Gasteiger partial charge in [-0.3, -0.25) is 0 Å². The van der Waals surface area contributed by atoms with Gasteiger partial charge in [-0.2, -0.15) is 0 Å². The van der Waals surface area contributed by atoms with Crippen molar-refractivity contribution in [2.75, 3.05) is 20.8 Å². The second-order valence-corrected chi connectivity index (χ2v) is 3.05. The second-order valence-electron chi connectivity index (χ2n) is 3.05. The molecule has 0 fully saturated rings. The molecule has 0 heterocycles. The molecule has 0 saturated heterocycles. The Labute approximate surface area is 93.6 Å². The monoisotopic (exact) mass is 226 g/mol. The lowest BCUT2D eigenvalue weighted by molar-refractivity contribution is -0.139. The first-order chi connectivity index (χ1) is 7.67. The topological polar surface area (TPSA) is 65.0 Å². The Hall–Kier alpha value is -1.59. The molecule has 0 aromatic heterocycles. The van der Waals surface area contributed by atoms with E-state index < -0.39 is 12.3 Å². The van der Waals surface area contributed by atoms with Gasteiger partial charge in [0.1, 0.15) is 5.75 Å². The molecule has 5 nitrogen and oxygen atoms in total. The number of hydrogen-bond donors (Lipinski definition) is 1. The Morgan fingerprint density at radius 3 is 2.25 bits per heavy atom. The van der Waals surface area contributed by atoms with Gasteiger partial charge in [0.2, 0.25) is 0 Å². The van der Waals surface area contributed by atoms with Crippen LogP contribution in [0.15, 0.2) is 24.3 Å². The Bertz CT molecular complexity index is 329. The predicted molar refractivity (Wildman–Crippen MR) is 56.3 cm³/mol. The van der Waals surface area contributed by atoms with Crippen molar-refractivity contribution in [1.82, 2.24) is 0 Å². The summed E-state index contributed by atoms with van der Waals surface area (Å²) in [6.07, 6.45) is -0.423. The first-order valence-electron chi connectivity index (χ1n) is 4.67. The minimum Gasteiger partial charge on any atom is -0.482 e. The number of carbonyl (C=O) groups is 1. The van der Waals surface area contributed by atoms with Crippen LogP contribution in [0.2, 0.25) is 0 Å². The molecule has 0 saturated carbocycles. The normalized spacial score (nSPS) is 10.4. The molecule has 0 amide bonds. The second kappa shape index (κ2) is 6.09. The fourth-order valence-electron chi connectivity index (χ4n) is 1.23. The maximum atomic E-state index is 10.3. The summed E-state index contributed by atoms with van der Waals surface area (Å²) in [5.74, 6) is -0.507. The van der Waals surface area contributed by atoms with Crippen LogP contribution < -0.4 is 4.74 Å². The van der Waals surface area contributed by atoms with Crippen molar-refractivity contribution < 1.29 is 24.1 Å². The summed E-state index contributed by atoms with van der Waals surface area (Å²) in [7, 11) is 3.09. The maximum Gasteiger partial charge on any atom is 0.341 e. The molecule has 0 radical (unpaired) electrons. The van der Waals surface area contributed by atoms with Crippen LogP contribution in [0.1, 0.15) is 11.9 Å². The van der Waals surface area contributed by atoms with Gasteiger partial charge in [0.15, 0.2) is 12.9 Å². The van der Waals surface area contributed by atoms with Crippen molar-refractivity contribution in [1.29, 1.82) is 0 Å². The SMILES string of the molecule is COC(OC)c1ccc(OCC(=O)O)cc1. The van der Waals surface area contributed by atoms with Gasteiger partial charge in [-0.25, -0.2) is 4.79 Å². The Balaban J connectivity index is 2.63. The molecule has 0 spiro atoms. The zero-order chi connectivity index (χ0) is 12.0. The average molecular weight is 226 g/mol. The van der Waals surface area contributed by atoms with E-state index in [2.05, 4.69) is 0 Å². The molecule has 1 N–H and O–H groups in total. The van der Waals surface area contributed by atoms with Crippen LogP contribution in [0.3, 0.4) is 0 Å². The number of ether oxygens (including phenoxy) is 3. The standard InChI is InChI=1S/C11H14O5/c1-14-11(15-2)8-3-5-9(6-4-8)16-7-10(12)13/h3-6,11H,7H2,1-2H3,(H,12,13). The van der Waals surface area contributed by atoms with E-state index in [9.17, 15) is 4.79 Å². The van der Waals surface area contributed by atoms with Gasteiger partial charge in [-0.15, -0.1) is 0 Å². The molecule has 0 bridgehead atoms. The van der Waals surface area contributed by atoms with Crippen molar-refractivity contribution in [3.05, 3.63) is 29.8 Å². The van der Waals surface area contributed by atoms with Crippen LogP contribution in [-0.2, 0) is 14.3 Å². The lowest BCUT2D eigenvalue weighted by Crippen LogP contribution is -2.09. The quantitative estimate of drug-likeness (QED) is 0.743. The number of rotatable bonds is 6. The lowest BCUT2D eigenvalue weighted by Gasteiger charge is -2.13. The summed E-state index contributed by atoms with van der Waals surface area (Å²) < 4.78 is 15.1. The largest absolute Gasteiger partial charge is 0.482 e. The van der Waals surface area contributed by atoms with E-state index in [0.29, 0.717) is 5.75 Å². The molecule has 0 aliphatic rings. The third-order valence-electron chi connectivity index (χ3n) is 1.94. The summed E-state index contributed by atoms with van der Waals surface area (Å²) in [6.45, 7) is -0.350. The van der Waals surface area contributed by atoms with Crippen LogP contribution in [0.25, 0.3) is 0 Å². The molecule has 0 unspecified atom stereocenters. The van der Waals surface area contributed by atoms with Crippen LogP contribution in [-0.4, -0.2) is 31.9 Å². The number of hydrogen-bond acceptors (Lipinski definition) is 4. The predicted octanol–water partition coefficient (Wildman–Crippen LogP) is 1.44. The molecule has 1 rings (SSSR count). The van der Waals surface area contributed by atoms with E-state index in [0.717, 1.165) is 5.56 Å². The Morgan fingerprint density at radius 1 is 1.25 bits per heavy atom. The Kier molecular flexibility index (Phi) is 4.75. The highest BCUT2D eigenvalue weighted by Gasteiger charge is 2.08. The van der Waals surface area contributed by atoms with Crippen molar-refractivity contribution in [2.45, 2.75) is 6.29 Å². The number of carboxylic acid groups (broad SMARTS) is 1. The number of aliphatic carboxylic acids is 1. The molecule has 0 atom stereocenters. The van der Waals surface area contributed by atoms with E-state index in [1.807, 2.05) is 0 Å². The van der Waals surface area contributed by atoms with Gasteiger partial charge in [0.25, 0.3) is 0 Å². The lowest BCUT2D eigenvalue weighted by atomic mass is 10.2. The van der Waals surface area contributed by atoms with Crippen LogP contribution in [0, 0.1) is 0 Å². The molecule has 1 aromatic rings. The van der Waals surface area contributed by atoms with E-state index in [-0.39, 0.29) is 6.61 Å². The summed E-state index contributed by atoms with van der Waals surface area (Å²) in [5, 5.41) is 8.43. The summed E-state index contributed by atoms with van der Waals surface area (Å²) in [6, 6.07) is 6.86. The Morgan fingerprint density at radius 2 is 1.81 bits per heavy atom. The molecule has 5 heteroatoms. The zero-order valence-corrected chi connectivity index (χ0v) is 9.17. The maximum absolute atomic E-state index is 10.3. The fraction of sp³-hybridized carbons (Fsp3) is 0.364. The molecular weight excluding hydrogens is 212 g/mol. The van der Waals surface area contributed by atoms with Crippen molar-refractivity contribution in [3.63, 3.8) is 0 Å². The molecule has 0 aliphatic carbocycles. The first-order valence-corrected chi connectivity index (χ1v) is 4.67. The number of methoxy groups -OCH3 is 2. The zero-order valence-electron chi connectivity index (χ0n) is 9.17. The number of benzene rings is 1. The molecule has 1 aromatic carbocycles. The van der Waals surface area contributed by atoms with Gasteiger partial charge in [0.05, 0.1) is 0 Å². The van der Waals surface area contributed by atoms with E-state index >= 15 is 0 Å². The van der Waals surface area contributed by atoms with Crippen molar-refractivity contribution >= 4 is 5.97 Å². The smallest absolute Gasteiger partial charge is 0.341 e. The fourth-order valence-corrected chi connectivity index (χ4v) is 1.23. The van der Waals surface area contributed by atoms with Crippen molar-refractivity contribution in [3.8, 4) is 5.75 Å². The third kappa shape index (κ3) is 3.52. The minimum atomic E-state index is -1.00. The molecular formula is C11H14O5. The van der Waals surface area contributed by atoms with E-state index in [1.54, 1.807) is 38.5 Å². The summed E-state index contributed by atoms with van der Waals surface area (Å²) in [5.41, 5.74) is 0.840. The highest BCUT2D eigenvalue weighted by atomic mass is 16.7. The third-order valence-corrected chi connectivity index (χ3v) is 1.94. The molecule has 0 aliphatic heterocycles. The molecule has 16 heavy (non-hydrogen) atoms. The van der Waals surface area contributed by atoms with Gasteiger partial charge in [0, 0.05) is 19.8 Å². The minimum absolute atomic E-state index is 0.350. The van der Waals surface area contributed by atoms with Gasteiger partial charge in [-0.1, -0.05) is 12.1 Å². The van der Waals surface area contributed by atoms with Crippen LogP contribution in [0.5, 0.6) is 5.75 Å². The summed E-state index contributed by atoms with van der Waals surface area (Å²) >= 11 is 0. The summed E-state index contributed by atoms with van der Waals surface area (Å²) in [4.78, 5) is 10.3. The van der Waals surface area contributed by atoms with Crippen LogP contribution >= 0.6 is 0 Å². The van der Waals surface area contributed by atoms with E-state index in [4.69, 9.17) is 19.3 Å². The van der Waals surface area contributed by atoms with Gasteiger partial charge < -0.3 is 19.3 Å². The highest BCUT2D eigenvalue weighted by Crippen LogP contribution is 2.20. The van der Waals surface area contributed by atoms with E-state index in [1.165, 1.54) is 0 Å². The molecule has 88 valence electrons. The van der Waals surface area contributed by atoms with Crippen molar-refractivity contribution in [2.24, 2.45) is 0 Å². The number of carboxylic acids is 1.